The van der Waals surface area contributed by atoms with E-state index in [0.29, 0.717) is 19.3 Å². The number of carboxylic acid groups (broad SMARTS) is 1. The molecule has 9 nitrogen and oxygen atoms in total. The third kappa shape index (κ3) is 3.80. The van der Waals surface area contributed by atoms with Crippen molar-refractivity contribution in [2.45, 2.75) is 56.7 Å². The van der Waals surface area contributed by atoms with Gasteiger partial charge in [-0.15, -0.1) is 0 Å². The predicted octanol–water partition coefficient (Wildman–Crippen LogP) is 2.63. The first-order chi connectivity index (χ1) is 16.1. The van der Waals surface area contributed by atoms with Crippen LogP contribution in [0.3, 0.4) is 0 Å². The number of hydrogen-bond donors (Lipinski definition) is 5. The Bertz CT molecular complexity index is 1200. The first-order valence-corrected chi connectivity index (χ1v) is 11.1. The number of phenolic OH excluding ortho intramolecular Hbond substituents is 2. The Morgan fingerprint density at radius 2 is 1.76 bits per heavy atom. The number of methoxy groups -OCH3 is 1. The fraction of sp³-hybridized carbons (Fsp3) is 0.400. The van der Waals surface area contributed by atoms with Gasteiger partial charge >= 0.3 is 5.97 Å². The Balaban J connectivity index is 1.73. The van der Waals surface area contributed by atoms with Crippen LogP contribution in [0.25, 0.3) is 0 Å². The number of carboxylic acids is 1. The van der Waals surface area contributed by atoms with E-state index in [-0.39, 0.29) is 59.3 Å². The molecular formula is C25H26O9. The van der Waals surface area contributed by atoms with E-state index in [0.717, 1.165) is 0 Å². The molecular weight excluding hydrogens is 444 g/mol. The zero-order valence-corrected chi connectivity index (χ0v) is 18.6. The molecule has 0 saturated carbocycles. The van der Waals surface area contributed by atoms with Crippen LogP contribution < -0.4 is 4.74 Å². The van der Waals surface area contributed by atoms with Crippen molar-refractivity contribution in [2.75, 3.05) is 7.11 Å². The molecule has 0 amide bonds. The summed E-state index contributed by atoms with van der Waals surface area (Å²) in [4.78, 5) is 37.2. The van der Waals surface area contributed by atoms with Crippen LogP contribution in [0.1, 0.15) is 87.6 Å². The van der Waals surface area contributed by atoms with E-state index in [1.165, 1.54) is 25.3 Å². The zero-order valence-electron chi connectivity index (χ0n) is 18.6. The van der Waals surface area contributed by atoms with Gasteiger partial charge in [0.05, 0.1) is 35.5 Å². The van der Waals surface area contributed by atoms with E-state index < -0.39 is 46.3 Å². The number of aromatic hydroxyl groups is 2. The summed E-state index contributed by atoms with van der Waals surface area (Å²) < 4.78 is 5.21. The standard InChI is InChI=1S/C25H26O9/c1-34-15-7-5-6-12-18(15)24(32)20-19(21(12)29)22(30)13-10-25(33,9-4-2-3-8-16(27)28)11-14(26)17(13)23(20)31/h5-7,14,26,30-31,33H,2-4,8-11H2,1H3,(H,27,28)/t14?,25-/m0/s1. The first-order valence-electron chi connectivity index (χ1n) is 11.1. The van der Waals surface area contributed by atoms with Gasteiger partial charge in [-0.25, -0.2) is 0 Å². The number of unbranched alkanes of at least 4 members (excludes halogenated alkanes) is 2. The number of phenols is 2. The van der Waals surface area contributed by atoms with Crippen LogP contribution in [0.2, 0.25) is 0 Å². The van der Waals surface area contributed by atoms with Crippen molar-refractivity contribution >= 4 is 17.5 Å². The minimum absolute atomic E-state index is 0.0209. The third-order valence-electron chi connectivity index (χ3n) is 6.71. The molecule has 34 heavy (non-hydrogen) atoms. The molecule has 0 fully saturated rings. The molecule has 2 aliphatic rings. The highest BCUT2D eigenvalue weighted by molar-refractivity contribution is 6.31. The number of rotatable bonds is 7. The maximum Gasteiger partial charge on any atom is 0.303 e. The van der Waals surface area contributed by atoms with E-state index in [2.05, 4.69) is 0 Å². The van der Waals surface area contributed by atoms with Gasteiger partial charge < -0.3 is 30.3 Å². The second-order valence-electron chi connectivity index (χ2n) is 8.96. The number of hydrogen-bond acceptors (Lipinski definition) is 8. The second-order valence-corrected chi connectivity index (χ2v) is 8.96. The number of aliphatic carboxylic acids is 1. The average Bonchev–Trinajstić information content (AvgIpc) is 2.78. The van der Waals surface area contributed by atoms with Crippen LogP contribution in [-0.4, -0.2) is 55.8 Å². The minimum Gasteiger partial charge on any atom is -0.507 e. The molecule has 0 saturated heterocycles. The summed E-state index contributed by atoms with van der Waals surface area (Å²) in [7, 11) is 1.35. The molecule has 0 aromatic heterocycles. The van der Waals surface area contributed by atoms with E-state index in [9.17, 15) is 34.8 Å². The van der Waals surface area contributed by atoms with Gasteiger partial charge in [0.15, 0.2) is 5.78 Å². The van der Waals surface area contributed by atoms with E-state index in [1.54, 1.807) is 0 Å². The molecule has 0 radical (unpaired) electrons. The average molecular weight is 470 g/mol. The topological polar surface area (TPSA) is 162 Å². The fourth-order valence-corrected chi connectivity index (χ4v) is 5.12. The van der Waals surface area contributed by atoms with Crippen molar-refractivity contribution in [3.8, 4) is 17.2 Å². The van der Waals surface area contributed by atoms with Crippen LogP contribution in [0.15, 0.2) is 18.2 Å². The van der Waals surface area contributed by atoms with Gasteiger partial charge in [-0.2, -0.15) is 0 Å². The zero-order chi connectivity index (χ0) is 24.8. The van der Waals surface area contributed by atoms with Gasteiger partial charge in [-0.3, -0.25) is 14.4 Å². The number of ether oxygens (including phenoxy) is 1. The molecule has 0 heterocycles. The lowest BCUT2D eigenvalue weighted by molar-refractivity contribution is -0.137. The summed E-state index contributed by atoms with van der Waals surface area (Å²) in [5.41, 5.74) is -2.24. The first kappa shape index (κ1) is 23.7. The minimum atomic E-state index is -1.43. The predicted molar refractivity (Wildman–Crippen MR) is 119 cm³/mol. The summed E-state index contributed by atoms with van der Waals surface area (Å²) >= 11 is 0. The molecule has 5 N–H and O–H groups in total. The molecule has 1 unspecified atom stereocenters. The lowest BCUT2D eigenvalue weighted by atomic mass is 9.72. The molecule has 2 atom stereocenters. The highest BCUT2D eigenvalue weighted by Crippen LogP contribution is 2.51. The van der Waals surface area contributed by atoms with Crippen molar-refractivity contribution in [3.05, 3.63) is 51.6 Å². The molecule has 0 aliphatic heterocycles. The third-order valence-corrected chi connectivity index (χ3v) is 6.71. The van der Waals surface area contributed by atoms with Crippen LogP contribution in [0.4, 0.5) is 0 Å². The molecule has 4 rings (SSSR count). The maximum atomic E-state index is 13.3. The fourth-order valence-electron chi connectivity index (χ4n) is 5.12. The Hall–Kier alpha value is -3.43. The number of carbonyl (C=O) groups excluding carboxylic acids is 2. The van der Waals surface area contributed by atoms with Crippen LogP contribution in [0, 0.1) is 0 Å². The normalized spacial score (nSPS) is 21.0. The second kappa shape index (κ2) is 8.73. The van der Waals surface area contributed by atoms with E-state index >= 15 is 0 Å². The van der Waals surface area contributed by atoms with Crippen molar-refractivity contribution in [2.24, 2.45) is 0 Å². The van der Waals surface area contributed by atoms with Gasteiger partial charge in [0, 0.05) is 36.0 Å². The number of benzene rings is 2. The molecule has 2 aliphatic carbocycles. The van der Waals surface area contributed by atoms with E-state index in [1.807, 2.05) is 0 Å². The van der Waals surface area contributed by atoms with E-state index in [4.69, 9.17) is 9.84 Å². The van der Waals surface area contributed by atoms with Gasteiger partial charge in [-0.05, 0) is 18.9 Å². The molecule has 0 spiro atoms. The van der Waals surface area contributed by atoms with Gasteiger partial charge in [-0.1, -0.05) is 25.0 Å². The summed E-state index contributed by atoms with van der Waals surface area (Å²) in [5, 5.41) is 52.7. The van der Waals surface area contributed by atoms with Crippen LogP contribution >= 0.6 is 0 Å². The Labute approximate surface area is 195 Å². The summed E-state index contributed by atoms with van der Waals surface area (Å²) in [6.45, 7) is 0. The van der Waals surface area contributed by atoms with Gasteiger partial charge in [0.1, 0.15) is 17.2 Å². The number of aliphatic hydroxyl groups excluding tert-OH is 1. The Morgan fingerprint density at radius 1 is 1.06 bits per heavy atom. The van der Waals surface area contributed by atoms with Crippen molar-refractivity contribution in [1.29, 1.82) is 0 Å². The lowest BCUT2D eigenvalue weighted by Crippen LogP contribution is -2.38. The SMILES string of the molecule is COc1cccc2c1C(=O)c1c(O)c3c(c(O)c1C2=O)C[C@@](O)(CCCCCC(=O)O)CC3O. The van der Waals surface area contributed by atoms with Crippen molar-refractivity contribution in [3.63, 3.8) is 0 Å². The maximum absolute atomic E-state index is 13.3. The van der Waals surface area contributed by atoms with Crippen LogP contribution in [0.5, 0.6) is 17.2 Å². The smallest absolute Gasteiger partial charge is 0.303 e. The number of carbonyl (C=O) groups is 3. The number of fused-ring (bicyclic) bond motifs is 3. The molecule has 2 aromatic rings. The molecule has 180 valence electrons. The Morgan fingerprint density at radius 3 is 2.44 bits per heavy atom. The van der Waals surface area contributed by atoms with Gasteiger partial charge in [0.2, 0.25) is 5.78 Å². The molecule has 2 aromatic carbocycles. The highest BCUT2D eigenvalue weighted by atomic mass is 16.5. The van der Waals surface area contributed by atoms with Crippen molar-refractivity contribution < 1.29 is 44.7 Å². The summed E-state index contributed by atoms with van der Waals surface area (Å²) in [6, 6.07) is 4.48. The Kier molecular flexibility index (Phi) is 6.09. The molecule has 9 heteroatoms. The van der Waals surface area contributed by atoms with Crippen molar-refractivity contribution in [1.82, 2.24) is 0 Å². The summed E-state index contributed by atoms with van der Waals surface area (Å²) in [6.07, 6.45) is 0.0818. The number of ketones is 2. The highest BCUT2D eigenvalue weighted by Gasteiger charge is 2.45. The monoisotopic (exact) mass is 470 g/mol. The quantitative estimate of drug-likeness (QED) is 0.258. The lowest BCUT2D eigenvalue weighted by Gasteiger charge is -2.38. The molecule has 0 bridgehead atoms. The largest absolute Gasteiger partial charge is 0.507 e. The van der Waals surface area contributed by atoms with Gasteiger partial charge in [0.25, 0.3) is 0 Å². The summed E-state index contributed by atoms with van der Waals surface area (Å²) in [5.74, 6) is -3.26. The number of aliphatic hydroxyl groups is 2. The van der Waals surface area contributed by atoms with Crippen LogP contribution in [-0.2, 0) is 11.2 Å².